The second-order valence-corrected chi connectivity index (χ2v) is 3.19. The summed E-state index contributed by atoms with van der Waals surface area (Å²) in [4.78, 5) is 21.9. The van der Waals surface area contributed by atoms with E-state index in [4.69, 9.17) is 0 Å². The van der Waals surface area contributed by atoms with Crippen LogP contribution in [0, 0.1) is 0 Å². The standard InChI is InChI=1S/C9H11F2N3O3/c1-5(15)17-4-12-9(16)6-3-14(2)13-7(6)8(10)11/h3,8H,4H2,1-2H3,(H,12,16). The summed E-state index contributed by atoms with van der Waals surface area (Å²) in [5.41, 5.74) is -0.845. The Bertz CT molecular complexity index is 431. The number of amides is 1. The number of aromatic nitrogens is 2. The molecule has 17 heavy (non-hydrogen) atoms. The molecule has 0 aliphatic heterocycles. The Labute approximate surface area is 95.5 Å². The minimum absolute atomic E-state index is 0.241. The van der Waals surface area contributed by atoms with Crippen LogP contribution in [0.5, 0.6) is 0 Å². The SMILES string of the molecule is CC(=O)OCNC(=O)c1cn(C)nc1C(F)F. The van der Waals surface area contributed by atoms with Gasteiger partial charge in [-0.05, 0) is 0 Å². The van der Waals surface area contributed by atoms with Crippen LogP contribution in [0.15, 0.2) is 6.20 Å². The number of alkyl halides is 2. The molecule has 0 fully saturated rings. The first-order valence-corrected chi connectivity index (χ1v) is 4.65. The number of halogens is 2. The molecule has 1 aromatic rings. The van der Waals surface area contributed by atoms with E-state index < -0.39 is 24.0 Å². The summed E-state index contributed by atoms with van der Waals surface area (Å²) in [6.45, 7) is 0.798. The third kappa shape index (κ3) is 3.51. The van der Waals surface area contributed by atoms with Crippen LogP contribution in [0.4, 0.5) is 8.78 Å². The molecule has 0 saturated heterocycles. The summed E-state index contributed by atoms with van der Waals surface area (Å²) in [5, 5.41) is 5.64. The molecular formula is C9H11F2N3O3. The molecule has 6 nitrogen and oxygen atoms in total. The molecule has 1 amide bonds. The lowest BCUT2D eigenvalue weighted by Gasteiger charge is -2.04. The van der Waals surface area contributed by atoms with Gasteiger partial charge >= 0.3 is 5.97 Å². The van der Waals surface area contributed by atoms with Gasteiger partial charge in [0, 0.05) is 20.2 Å². The highest BCUT2D eigenvalue weighted by molar-refractivity contribution is 5.95. The molecule has 0 aliphatic rings. The number of ether oxygens (including phenoxy) is 1. The van der Waals surface area contributed by atoms with Gasteiger partial charge in [0.05, 0.1) is 5.56 Å². The first-order chi connectivity index (χ1) is 7.91. The van der Waals surface area contributed by atoms with Gasteiger partial charge in [-0.2, -0.15) is 5.10 Å². The van der Waals surface area contributed by atoms with Crippen LogP contribution in [-0.4, -0.2) is 28.4 Å². The van der Waals surface area contributed by atoms with Crippen molar-refractivity contribution in [1.29, 1.82) is 0 Å². The van der Waals surface area contributed by atoms with Crippen LogP contribution in [0.3, 0.4) is 0 Å². The van der Waals surface area contributed by atoms with Gasteiger partial charge in [0.15, 0.2) is 6.73 Å². The molecule has 0 radical (unpaired) electrons. The van der Waals surface area contributed by atoms with Crippen molar-refractivity contribution in [1.82, 2.24) is 15.1 Å². The second kappa shape index (κ2) is 5.37. The quantitative estimate of drug-likeness (QED) is 0.625. The molecule has 0 saturated carbocycles. The Morgan fingerprint density at radius 2 is 2.24 bits per heavy atom. The van der Waals surface area contributed by atoms with Crippen molar-refractivity contribution in [2.75, 3.05) is 6.73 Å². The van der Waals surface area contributed by atoms with Gasteiger partial charge in [-0.3, -0.25) is 14.3 Å². The molecule has 0 bridgehead atoms. The highest BCUT2D eigenvalue weighted by Gasteiger charge is 2.22. The Hall–Kier alpha value is -1.99. The van der Waals surface area contributed by atoms with Gasteiger partial charge in [-0.1, -0.05) is 0 Å². The molecule has 0 aromatic carbocycles. The molecule has 0 atom stereocenters. The second-order valence-electron chi connectivity index (χ2n) is 3.19. The van der Waals surface area contributed by atoms with E-state index in [0.717, 1.165) is 4.68 Å². The summed E-state index contributed by atoms with van der Waals surface area (Å²) in [5.74, 6) is -1.35. The van der Waals surface area contributed by atoms with Gasteiger partial charge in [-0.15, -0.1) is 0 Å². The number of carbonyl (C=O) groups is 2. The van der Waals surface area contributed by atoms with Crippen molar-refractivity contribution in [2.45, 2.75) is 13.3 Å². The average molecular weight is 247 g/mol. The molecular weight excluding hydrogens is 236 g/mol. The van der Waals surface area contributed by atoms with E-state index in [1.54, 1.807) is 0 Å². The minimum Gasteiger partial charge on any atom is -0.445 e. The topological polar surface area (TPSA) is 73.2 Å². The van der Waals surface area contributed by atoms with Crippen LogP contribution in [0.1, 0.15) is 29.4 Å². The van der Waals surface area contributed by atoms with Gasteiger partial charge in [0.1, 0.15) is 5.69 Å². The Morgan fingerprint density at radius 1 is 1.59 bits per heavy atom. The maximum absolute atomic E-state index is 12.5. The fraction of sp³-hybridized carbons (Fsp3) is 0.444. The number of aryl methyl sites for hydroxylation is 1. The van der Waals surface area contributed by atoms with Crippen molar-refractivity contribution in [3.8, 4) is 0 Å². The predicted octanol–water partition coefficient (Wildman–Crippen LogP) is 0.608. The first-order valence-electron chi connectivity index (χ1n) is 4.65. The molecule has 1 aromatic heterocycles. The van der Waals surface area contributed by atoms with Gasteiger partial charge in [0.25, 0.3) is 12.3 Å². The van der Waals surface area contributed by atoms with Crippen LogP contribution in [0.2, 0.25) is 0 Å². The molecule has 0 unspecified atom stereocenters. The Morgan fingerprint density at radius 3 is 2.76 bits per heavy atom. The average Bonchev–Trinajstić information content (AvgIpc) is 2.59. The summed E-state index contributed by atoms with van der Waals surface area (Å²) in [6.07, 6.45) is -1.67. The fourth-order valence-corrected chi connectivity index (χ4v) is 1.14. The summed E-state index contributed by atoms with van der Waals surface area (Å²) >= 11 is 0. The van der Waals surface area contributed by atoms with Crippen LogP contribution in [-0.2, 0) is 16.6 Å². The van der Waals surface area contributed by atoms with Crippen molar-refractivity contribution in [2.24, 2.45) is 7.05 Å². The van der Waals surface area contributed by atoms with Crippen molar-refractivity contribution in [3.63, 3.8) is 0 Å². The molecule has 1 heterocycles. The third-order valence-electron chi connectivity index (χ3n) is 1.82. The van der Waals surface area contributed by atoms with E-state index in [1.165, 1.54) is 20.2 Å². The molecule has 94 valence electrons. The summed E-state index contributed by atoms with van der Waals surface area (Å²) in [7, 11) is 1.43. The highest BCUT2D eigenvalue weighted by atomic mass is 19.3. The molecule has 1 rings (SSSR count). The number of rotatable bonds is 4. The van der Waals surface area contributed by atoms with Crippen LogP contribution >= 0.6 is 0 Å². The van der Waals surface area contributed by atoms with Gasteiger partial charge in [-0.25, -0.2) is 8.78 Å². The zero-order chi connectivity index (χ0) is 13.0. The largest absolute Gasteiger partial charge is 0.445 e. The van der Waals surface area contributed by atoms with E-state index in [0.29, 0.717) is 0 Å². The maximum atomic E-state index is 12.5. The highest BCUT2D eigenvalue weighted by Crippen LogP contribution is 2.20. The summed E-state index contributed by atoms with van der Waals surface area (Å²) < 4.78 is 30.6. The number of hydrogen-bond donors (Lipinski definition) is 1. The molecule has 0 aliphatic carbocycles. The Kier molecular flexibility index (Phi) is 4.13. The van der Waals surface area contributed by atoms with Crippen molar-refractivity contribution >= 4 is 11.9 Å². The molecule has 1 N–H and O–H groups in total. The van der Waals surface area contributed by atoms with E-state index in [9.17, 15) is 18.4 Å². The number of carbonyl (C=O) groups excluding carboxylic acids is 2. The van der Waals surface area contributed by atoms with Crippen LogP contribution in [0.25, 0.3) is 0 Å². The smallest absolute Gasteiger partial charge is 0.304 e. The zero-order valence-corrected chi connectivity index (χ0v) is 9.24. The number of hydrogen-bond acceptors (Lipinski definition) is 4. The zero-order valence-electron chi connectivity index (χ0n) is 9.24. The molecule has 0 spiro atoms. The van der Waals surface area contributed by atoms with E-state index in [-0.39, 0.29) is 12.3 Å². The van der Waals surface area contributed by atoms with Gasteiger partial charge in [0.2, 0.25) is 0 Å². The monoisotopic (exact) mass is 247 g/mol. The van der Waals surface area contributed by atoms with E-state index >= 15 is 0 Å². The first kappa shape index (κ1) is 13.1. The van der Waals surface area contributed by atoms with Crippen molar-refractivity contribution in [3.05, 3.63) is 17.5 Å². The van der Waals surface area contributed by atoms with E-state index in [2.05, 4.69) is 15.2 Å². The molecule has 8 heteroatoms. The summed E-state index contributed by atoms with van der Waals surface area (Å²) in [6, 6.07) is 0. The fourth-order valence-electron chi connectivity index (χ4n) is 1.14. The number of esters is 1. The minimum atomic E-state index is -2.84. The number of nitrogens with zero attached hydrogens (tertiary/aromatic N) is 2. The lowest BCUT2D eigenvalue weighted by Crippen LogP contribution is -2.27. The lowest BCUT2D eigenvalue weighted by molar-refractivity contribution is -0.141. The lowest BCUT2D eigenvalue weighted by atomic mass is 10.2. The predicted molar refractivity (Wildman–Crippen MR) is 52.3 cm³/mol. The van der Waals surface area contributed by atoms with Crippen LogP contribution < -0.4 is 5.32 Å². The van der Waals surface area contributed by atoms with Crippen molar-refractivity contribution < 1.29 is 23.1 Å². The van der Waals surface area contributed by atoms with E-state index in [1.807, 2.05) is 0 Å². The number of nitrogens with one attached hydrogen (secondary N) is 1. The third-order valence-corrected chi connectivity index (χ3v) is 1.82. The normalized spacial score (nSPS) is 10.4. The Balaban J connectivity index is 2.71. The maximum Gasteiger partial charge on any atom is 0.304 e. The van der Waals surface area contributed by atoms with Gasteiger partial charge < -0.3 is 10.1 Å².